The summed E-state index contributed by atoms with van der Waals surface area (Å²) in [4.78, 5) is 2.29. The summed E-state index contributed by atoms with van der Waals surface area (Å²) in [5.74, 6) is 0.471. The predicted molar refractivity (Wildman–Crippen MR) is 94.5 cm³/mol. The summed E-state index contributed by atoms with van der Waals surface area (Å²) in [6.45, 7) is 6.75. The number of hydrogen-bond acceptors (Lipinski definition) is 3. The monoisotopic (exact) mass is 324 g/mol. The van der Waals surface area contributed by atoms with E-state index in [0.29, 0.717) is 10.9 Å². The zero-order valence-corrected chi connectivity index (χ0v) is 14.3. The Morgan fingerprint density at radius 2 is 2.24 bits per heavy atom. The number of nitrogens with one attached hydrogen (secondary N) is 1. The molecular weight excluding hydrogens is 304 g/mol. The van der Waals surface area contributed by atoms with E-state index < -0.39 is 0 Å². The molecule has 1 atom stereocenters. The highest BCUT2D eigenvalue weighted by atomic mass is 35.5. The Balaban J connectivity index is 2.41. The minimum atomic E-state index is 0.124. The largest absolute Gasteiger partial charge is 0.375 e. The molecule has 0 aromatic heterocycles. The van der Waals surface area contributed by atoms with Gasteiger partial charge in [0.05, 0.1) is 11.2 Å². The van der Waals surface area contributed by atoms with Gasteiger partial charge >= 0.3 is 0 Å². The van der Waals surface area contributed by atoms with Crippen LogP contribution >= 0.6 is 23.8 Å². The molecule has 0 radical (unpaired) electrons. The Morgan fingerprint density at radius 1 is 1.57 bits per heavy atom. The summed E-state index contributed by atoms with van der Waals surface area (Å²) in [5.41, 5.74) is 11.3. The van der Waals surface area contributed by atoms with Gasteiger partial charge in [-0.25, -0.2) is 0 Å². The number of rotatable bonds is 2. The number of nitrogens with zero attached hydrogens (tertiary/aromatic N) is 2. The molecule has 0 fully saturated rings. The fourth-order valence-corrected chi connectivity index (χ4v) is 3.13. The molecule has 1 heterocycles. The molecule has 0 saturated heterocycles. The van der Waals surface area contributed by atoms with Crippen molar-refractivity contribution < 1.29 is 0 Å². The first-order valence-corrected chi connectivity index (χ1v) is 7.67. The molecule has 0 aliphatic carbocycles. The summed E-state index contributed by atoms with van der Waals surface area (Å²) in [6, 6.07) is 4.11. The van der Waals surface area contributed by atoms with Crippen molar-refractivity contribution in [2.75, 3.05) is 11.9 Å². The van der Waals surface area contributed by atoms with Crippen LogP contribution in [0, 0.1) is 0 Å². The summed E-state index contributed by atoms with van der Waals surface area (Å²) >= 11 is 11.1. The van der Waals surface area contributed by atoms with Crippen LogP contribution in [-0.4, -0.2) is 23.9 Å². The third kappa shape index (κ3) is 3.30. The van der Waals surface area contributed by atoms with E-state index in [0.717, 1.165) is 12.0 Å². The van der Waals surface area contributed by atoms with Crippen molar-refractivity contribution in [3.8, 4) is 0 Å². The van der Waals surface area contributed by atoms with Crippen molar-refractivity contribution in [3.05, 3.63) is 28.3 Å². The van der Waals surface area contributed by atoms with E-state index in [1.807, 2.05) is 6.07 Å². The number of nitrogens with two attached hydrogens (primary N) is 1. The zero-order chi connectivity index (χ0) is 15.8. The molecule has 1 aromatic carbocycles. The summed E-state index contributed by atoms with van der Waals surface area (Å²) < 4.78 is 0. The van der Waals surface area contributed by atoms with Crippen LogP contribution in [0.4, 0.5) is 5.69 Å². The highest BCUT2D eigenvalue weighted by Gasteiger charge is 2.34. The van der Waals surface area contributed by atoms with Gasteiger partial charge in [-0.2, -0.15) is 5.10 Å². The first-order chi connectivity index (χ1) is 9.72. The minimum absolute atomic E-state index is 0.124. The number of thiocarbonyl (C=S) groups is 1. The van der Waals surface area contributed by atoms with Crippen LogP contribution < -0.4 is 16.1 Å². The Labute approximate surface area is 136 Å². The zero-order valence-electron chi connectivity index (χ0n) is 12.8. The molecule has 0 amide bonds. The maximum Gasteiger partial charge on any atom is 0.184 e. The molecule has 0 saturated carbocycles. The molecule has 0 spiro atoms. The third-order valence-electron chi connectivity index (χ3n) is 4.13. The van der Waals surface area contributed by atoms with Crippen LogP contribution in [0.1, 0.15) is 44.2 Å². The lowest BCUT2D eigenvalue weighted by atomic mass is 9.80. The van der Waals surface area contributed by atoms with E-state index in [2.05, 4.69) is 49.3 Å². The van der Waals surface area contributed by atoms with E-state index in [1.54, 1.807) is 6.21 Å². The van der Waals surface area contributed by atoms with Gasteiger partial charge < -0.3 is 10.6 Å². The van der Waals surface area contributed by atoms with Crippen molar-refractivity contribution in [3.63, 3.8) is 0 Å². The van der Waals surface area contributed by atoms with Gasteiger partial charge in [0.15, 0.2) is 5.11 Å². The molecule has 1 aromatic rings. The SMILES string of the molecule is C[C@H]1CC(C)(C)N(C)c2cc(Cl)c(/C=N\NC(N)=S)cc21. The quantitative estimate of drug-likeness (QED) is 0.498. The first kappa shape index (κ1) is 16.0. The van der Waals surface area contributed by atoms with E-state index in [9.17, 15) is 0 Å². The second kappa shape index (κ2) is 5.81. The van der Waals surface area contributed by atoms with Gasteiger partial charge in [-0.15, -0.1) is 0 Å². The second-order valence-electron chi connectivity index (χ2n) is 6.14. The van der Waals surface area contributed by atoms with Gasteiger partial charge in [0.25, 0.3) is 0 Å². The van der Waals surface area contributed by atoms with Gasteiger partial charge in [0.1, 0.15) is 0 Å². The van der Waals surface area contributed by atoms with Crippen LogP contribution in [0.3, 0.4) is 0 Å². The van der Waals surface area contributed by atoms with Crippen molar-refractivity contribution in [2.45, 2.75) is 38.6 Å². The van der Waals surface area contributed by atoms with Crippen LogP contribution in [0.15, 0.2) is 17.2 Å². The highest BCUT2D eigenvalue weighted by molar-refractivity contribution is 7.80. The highest BCUT2D eigenvalue weighted by Crippen LogP contribution is 2.43. The van der Waals surface area contributed by atoms with Crippen molar-refractivity contribution in [2.24, 2.45) is 10.8 Å². The van der Waals surface area contributed by atoms with E-state index >= 15 is 0 Å². The molecule has 6 heteroatoms. The average Bonchev–Trinajstić information content (AvgIpc) is 2.36. The number of fused-ring (bicyclic) bond motifs is 1. The Morgan fingerprint density at radius 3 is 2.86 bits per heavy atom. The van der Waals surface area contributed by atoms with E-state index in [1.165, 1.54) is 11.3 Å². The van der Waals surface area contributed by atoms with Gasteiger partial charge in [-0.3, -0.25) is 5.43 Å². The fraction of sp³-hybridized carbons (Fsp3) is 0.467. The van der Waals surface area contributed by atoms with Crippen molar-refractivity contribution in [1.82, 2.24) is 5.43 Å². The molecule has 1 aliphatic heterocycles. The van der Waals surface area contributed by atoms with Crippen LogP contribution in [0.2, 0.25) is 5.02 Å². The normalized spacial score (nSPS) is 20.4. The Hall–Kier alpha value is -1.33. The standard InChI is InChI=1S/C15H21ClN4S/c1-9-7-15(2,3)20(4)13-6-12(16)10(5-11(9)13)8-18-19-14(17)21/h5-6,8-9H,7H2,1-4H3,(H3,17,19,21)/b18-8-/t9-/m0/s1. The smallest absolute Gasteiger partial charge is 0.184 e. The van der Waals surface area contributed by atoms with Crippen LogP contribution in [-0.2, 0) is 0 Å². The summed E-state index contributed by atoms with van der Waals surface area (Å²) in [5, 5.41) is 4.78. The lowest BCUT2D eigenvalue weighted by molar-refractivity contribution is 0.395. The maximum atomic E-state index is 6.37. The molecule has 21 heavy (non-hydrogen) atoms. The third-order valence-corrected chi connectivity index (χ3v) is 4.55. The Bertz CT molecular complexity index is 598. The fourth-order valence-electron chi connectivity index (χ4n) is 2.87. The van der Waals surface area contributed by atoms with Crippen molar-refractivity contribution in [1.29, 1.82) is 0 Å². The topological polar surface area (TPSA) is 53.6 Å². The summed E-state index contributed by atoms with van der Waals surface area (Å²) in [7, 11) is 2.11. The molecule has 2 rings (SSSR count). The average molecular weight is 325 g/mol. The molecule has 114 valence electrons. The minimum Gasteiger partial charge on any atom is -0.375 e. The molecule has 0 bridgehead atoms. The number of hydrogen-bond donors (Lipinski definition) is 2. The van der Waals surface area contributed by atoms with Gasteiger partial charge in [-0.05, 0) is 56.1 Å². The number of benzene rings is 1. The first-order valence-electron chi connectivity index (χ1n) is 6.88. The second-order valence-corrected chi connectivity index (χ2v) is 6.99. The number of anilines is 1. The number of halogens is 1. The molecule has 3 N–H and O–H groups in total. The van der Waals surface area contributed by atoms with Gasteiger partial charge in [-0.1, -0.05) is 18.5 Å². The molecular formula is C15H21ClN4S. The van der Waals surface area contributed by atoms with Crippen LogP contribution in [0.5, 0.6) is 0 Å². The molecule has 4 nitrogen and oxygen atoms in total. The predicted octanol–water partition coefficient (Wildman–Crippen LogP) is 3.23. The van der Waals surface area contributed by atoms with E-state index in [-0.39, 0.29) is 10.7 Å². The molecule has 1 aliphatic rings. The lowest BCUT2D eigenvalue weighted by Crippen LogP contribution is -2.45. The van der Waals surface area contributed by atoms with Gasteiger partial charge in [0.2, 0.25) is 0 Å². The van der Waals surface area contributed by atoms with Crippen molar-refractivity contribution >= 4 is 40.8 Å². The number of hydrazone groups is 1. The van der Waals surface area contributed by atoms with Crippen LogP contribution in [0.25, 0.3) is 0 Å². The molecule has 0 unspecified atom stereocenters. The maximum absolute atomic E-state index is 6.37. The lowest BCUT2D eigenvalue weighted by Gasteiger charge is -2.45. The summed E-state index contributed by atoms with van der Waals surface area (Å²) in [6.07, 6.45) is 2.74. The Kier molecular flexibility index (Phi) is 4.44. The van der Waals surface area contributed by atoms with E-state index in [4.69, 9.17) is 29.6 Å². The van der Waals surface area contributed by atoms with Gasteiger partial charge in [0, 0.05) is 23.8 Å².